The van der Waals surface area contributed by atoms with Crippen molar-refractivity contribution in [1.82, 2.24) is 0 Å². The number of hydrogen-bond donors (Lipinski definition) is 0. The van der Waals surface area contributed by atoms with Crippen LogP contribution >= 0.6 is 8.58 Å². The van der Waals surface area contributed by atoms with Crippen molar-refractivity contribution in [3.05, 3.63) is 146 Å². The van der Waals surface area contributed by atoms with Crippen LogP contribution in [0.1, 0.15) is 0 Å². The molecule has 0 saturated carbocycles. The van der Waals surface area contributed by atoms with Gasteiger partial charge in [-0.25, -0.2) is 0 Å². The van der Waals surface area contributed by atoms with E-state index in [1.165, 1.54) is 43.3 Å². The van der Waals surface area contributed by atoms with Crippen molar-refractivity contribution in [3.8, 4) is 11.1 Å². The van der Waals surface area contributed by atoms with Crippen LogP contribution in [0.4, 0.5) is 0 Å². The standard InChI is InChI=1S/C20H13.C12H11P.Ru/c1-3-11-17-15(7-1)9-5-13-19(17)20-14-6-10-16-8-2-4-12-18(16)20;1-3-7-11(8-4-1)13-12-9-5-2-6-10-12;/h1-13H;1-10,13H;/q-1;;+1. The van der Waals surface area contributed by atoms with Gasteiger partial charge >= 0.3 is 19.5 Å². The third-order valence-corrected chi connectivity index (χ3v) is 6.86. The molecule has 1 radical (unpaired) electrons. The Balaban J connectivity index is 0.000000171. The van der Waals surface area contributed by atoms with Gasteiger partial charge in [-0.05, 0) is 16.0 Å². The summed E-state index contributed by atoms with van der Waals surface area (Å²) < 4.78 is 0. The van der Waals surface area contributed by atoms with Crippen LogP contribution < -0.4 is 10.6 Å². The first-order chi connectivity index (χ1) is 16.4. The van der Waals surface area contributed by atoms with Gasteiger partial charge in [0.25, 0.3) is 0 Å². The molecule has 0 heterocycles. The maximum atomic E-state index is 3.42. The van der Waals surface area contributed by atoms with Gasteiger partial charge in [-0.15, -0.1) is 34.5 Å². The molecule has 6 rings (SSSR count). The SMILES string of the molecule is [Ru+].[c-]1ccc2ccccc2c1-c1cccc2ccccc12.c1ccc(Pc2ccccc2)cc1. The number of rotatable bonds is 3. The fourth-order valence-electron chi connectivity index (χ4n) is 4.04. The largest absolute Gasteiger partial charge is 1.00 e. The van der Waals surface area contributed by atoms with Crippen LogP contribution in [-0.4, -0.2) is 0 Å². The van der Waals surface area contributed by atoms with E-state index in [-0.39, 0.29) is 19.5 Å². The van der Waals surface area contributed by atoms with Crippen LogP contribution in [-0.2, 0) is 19.5 Å². The van der Waals surface area contributed by atoms with Crippen LogP contribution in [0.15, 0.2) is 140 Å². The Morgan fingerprint density at radius 3 is 1.59 bits per heavy atom. The molecule has 6 aromatic carbocycles. The molecule has 0 spiro atoms. The Morgan fingerprint density at radius 2 is 0.941 bits per heavy atom. The predicted octanol–water partition coefficient (Wildman–Crippen LogP) is 7.77. The molecule has 0 aliphatic rings. The molecule has 0 unspecified atom stereocenters. The zero-order valence-electron chi connectivity index (χ0n) is 18.6. The van der Waals surface area contributed by atoms with Crippen LogP contribution in [0, 0.1) is 6.07 Å². The van der Waals surface area contributed by atoms with Gasteiger partial charge in [0.1, 0.15) is 0 Å². The monoisotopic (exact) mass is 541 g/mol. The summed E-state index contributed by atoms with van der Waals surface area (Å²) in [6.07, 6.45) is 0. The molecule has 0 saturated heterocycles. The zero-order chi connectivity index (χ0) is 22.3. The molecule has 34 heavy (non-hydrogen) atoms. The first kappa shape index (κ1) is 24.0. The van der Waals surface area contributed by atoms with Crippen LogP contribution in [0.25, 0.3) is 32.7 Å². The van der Waals surface area contributed by atoms with Crippen molar-refractivity contribution < 1.29 is 19.5 Å². The van der Waals surface area contributed by atoms with Crippen molar-refractivity contribution in [2.24, 2.45) is 0 Å². The Bertz CT molecular complexity index is 1350. The van der Waals surface area contributed by atoms with Crippen molar-refractivity contribution in [1.29, 1.82) is 0 Å². The molecule has 6 aromatic rings. The minimum Gasteiger partial charge on any atom is -0.146 e. The Labute approximate surface area is 216 Å². The van der Waals surface area contributed by atoms with Gasteiger partial charge in [0.15, 0.2) is 0 Å². The molecule has 0 bridgehead atoms. The first-order valence-electron chi connectivity index (χ1n) is 11.1. The van der Waals surface area contributed by atoms with E-state index in [9.17, 15) is 0 Å². The van der Waals surface area contributed by atoms with E-state index < -0.39 is 0 Å². The molecule has 0 atom stereocenters. The second kappa shape index (κ2) is 11.8. The van der Waals surface area contributed by atoms with E-state index in [4.69, 9.17) is 0 Å². The van der Waals surface area contributed by atoms with Gasteiger partial charge in [-0.2, -0.15) is 0 Å². The average Bonchev–Trinajstić information content (AvgIpc) is 2.90. The number of fused-ring (bicyclic) bond motifs is 2. The summed E-state index contributed by atoms with van der Waals surface area (Å²) in [5.41, 5.74) is 2.43. The predicted molar refractivity (Wildman–Crippen MR) is 146 cm³/mol. The van der Waals surface area contributed by atoms with Gasteiger partial charge in [0.2, 0.25) is 0 Å². The fraction of sp³-hybridized carbons (Fsp3) is 0. The molecule has 0 aliphatic carbocycles. The Hall–Kier alpha value is -3.11. The second-order valence-corrected chi connectivity index (χ2v) is 9.23. The first-order valence-corrected chi connectivity index (χ1v) is 12.1. The van der Waals surface area contributed by atoms with Crippen molar-refractivity contribution in [3.63, 3.8) is 0 Å². The van der Waals surface area contributed by atoms with Gasteiger partial charge < -0.3 is 0 Å². The van der Waals surface area contributed by atoms with Crippen molar-refractivity contribution in [2.75, 3.05) is 0 Å². The zero-order valence-corrected chi connectivity index (χ0v) is 21.4. The van der Waals surface area contributed by atoms with Gasteiger partial charge in [0.05, 0.1) is 0 Å². The van der Waals surface area contributed by atoms with Gasteiger partial charge in [-0.1, -0.05) is 147 Å². The van der Waals surface area contributed by atoms with E-state index >= 15 is 0 Å². The van der Waals surface area contributed by atoms with Gasteiger partial charge in [0, 0.05) is 0 Å². The van der Waals surface area contributed by atoms with Crippen molar-refractivity contribution in [2.45, 2.75) is 0 Å². The fourth-order valence-corrected chi connectivity index (χ4v) is 5.09. The quantitative estimate of drug-likeness (QED) is 0.122. The summed E-state index contributed by atoms with van der Waals surface area (Å²) in [5, 5.41) is 7.86. The summed E-state index contributed by atoms with van der Waals surface area (Å²) in [4.78, 5) is 0. The summed E-state index contributed by atoms with van der Waals surface area (Å²) in [6, 6.07) is 52.2. The van der Waals surface area contributed by atoms with E-state index in [2.05, 4.69) is 140 Å². The van der Waals surface area contributed by atoms with Crippen LogP contribution in [0.2, 0.25) is 0 Å². The average molecular weight is 541 g/mol. The molecule has 2 heteroatoms. The molecule has 0 aliphatic heterocycles. The third kappa shape index (κ3) is 5.68. The molecule has 0 amide bonds. The van der Waals surface area contributed by atoms with E-state index in [1.54, 1.807) is 0 Å². The van der Waals surface area contributed by atoms with Gasteiger partial charge in [-0.3, -0.25) is 0 Å². The molecule has 0 aromatic heterocycles. The molecule has 165 valence electrons. The maximum Gasteiger partial charge on any atom is 1.00 e. The van der Waals surface area contributed by atoms with Crippen LogP contribution in [0.3, 0.4) is 0 Å². The molecule has 0 nitrogen and oxygen atoms in total. The second-order valence-electron chi connectivity index (χ2n) is 7.82. The smallest absolute Gasteiger partial charge is 0.146 e. The normalized spacial score (nSPS) is 10.2. The Morgan fingerprint density at radius 1 is 0.441 bits per heavy atom. The minimum absolute atomic E-state index is 0. The summed E-state index contributed by atoms with van der Waals surface area (Å²) in [7, 11) is 0.777. The molecule has 0 fully saturated rings. The van der Waals surface area contributed by atoms with Crippen molar-refractivity contribution >= 4 is 40.7 Å². The van der Waals surface area contributed by atoms with E-state index in [0.717, 1.165) is 8.58 Å². The summed E-state index contributed by atoms with van der Waals surface area (Å²) in [6.45, 7) is 0. The number of hydrogen-bond acceptors (Lipinski definition) is 0. The Kier molecular flexibility index (Phi) is 8.37. The summed E-state index contributed by atoms with van der Waals surface area (Å²) >= 11 is 0. The topological polar surface area (TPSA) is 0 Å². The third-order valence-electron chi connectivity index (χ3n) is 5.62. The van der Waals surface area contributed by atoms with E-state index in [1.807, 2.05) is 6.07 Å². The molecular weight excluding hydrogens is 516 g/mol. The molecular formula is C32H24PRu. The number of benzene rings is 6. The van der Waals surface area contributed by atoms with Crippen LogP contribution in [0.5, 0.6) is 0 Å². The summed E-state index contributed by atoms with van der Waals surface area (Å²) in [5.74, 6) is 0. The molecule has 0 N–H and O–H groups in total. The van der Waals surface area contributed by atoms with E-state index in [0.29, 0.717) is 0 Å². The maximum absolute atomic E-state index is 3.42. The minimum atomic E-state index is 0.